The Labute approximate surface area is 122 Å². The minimum Gasteiger partial charge on any atom is -0.488 e. The first-order chi connectivity index (χ1) is 10.2. The van der Waals surface area contributed by atoms with Crippen LogP contribution in [0, 0.1) is 0 Å². The molecule has 5 heteroatoms. The van der Waals surface area contributed by atoms with E-state index >= 15 is 0 Å². The largest absolute Gasteiger partial charge is 0.488 e. The van der Waals surface area contributed by atoms with Crippen molar-refractivity contribution in [1.29, 1.82) is 0 Å². The van der Waals surface area contributed by atoms with E-state index in [1.54, 1.807) is 6.20 Å². The minimum atomic E-state index is 0.181. The fraction of sp³-hybridized carbons (Fsp3) is 0.250. The number of carbonyl (C=O) groups excluding carboxylic acids is 1. The maximum atomic E-state index is 11.8. The second kappa shape index (κ2) is 4.48. The molecule has 0 bridgehead atoms. The molecular formula is C16H15N3O2. The number of benzene rings is 1. The first-order valence-corrected chi connectivity index (χ1v) is 7.04. The summed E-state index contributed by atoms with van der Waals surface area (Å²) in [4.78, 5) is 17.8. The van der Waals surface area contributed by atoms with E-state index in [2.05, 4.69) is 4.98 Å². The van der Waals surface area contributed by atoms with Gasteiger partial charge in [-0.2, -0.15) is 0 Å². The Kier molecular flexibility index (Phi) is 2.60. The van der Waals surface area contributed by atoms with E-state index in [1.807, 2.05) is 29.2 Å². The molecule has 0 saturated carbocycles. The van der Waals surface area contributed by atoms with Crippen molar-refractivity contribution in [3.63, 3.8) is 0 Å². The summed E-state index contributed by atoms with van der Waals surface area (Å²) in [6.45, 7) is 1.26. The van der Waals surface area contributed by atoms with E-state index in [0.717, 1.165) is 41.1 Å². The Balaban J connectivity index is 1.77. The van der Waals surface area contributed by atoms with Gasteiger partial charge in [0.2, 0.25) is 5.91 Å². The summed E-state index contributed by atoms with van der Waals surface area (Å²) in [7, 11) is 0. The van der Waals surface area contributed by atoms with Crippen LogP contribution in [-0.2, 0) is 11.4 Å². The van der Waals surface area contributed by atoms with E-state index in [4.69, 9.17) is 10.5 Å². The number of hydrogen-bond acceptors (Lipinski definition) is 4. The second-order valence-corrected chi connectivity index (χ2v) is 5.38. The number of aromatic nitrogens is 1. The number of anilines is 2. The summed E-state index contributed by atoms with van der Waals surface area (Å²) in [5.74, 6) is 1.48. The first-order valence-electron chi connectivity index (χ1n) is 7.04. The lowest BCUT2D eigenvalue weighted by Crippen LogP contribution is -2.23. The number of rotatable bonds is 1. The molecule has 0 spiro atoms. The Hall–Kier alpha value is -2.56. The molecule has 1 fully saturated rings. The average Bonchev–Trinajstić information content (AvgIpc) is 2.92. The molecule has 2 aliphatic heterocycles. The van der Waals surface area contributed by atoms with Crippen molar-refractivity contribution in [2.75, 3.05) is 17.2 Å². The standard InChI is InChI=1S/C16H15N3O2/c17-15-6-10-9-21-14-7-11(19-5-1-2-16(19)20)3-4-12(14)13(10)8-18-15/h3-4,6-8H,1-2,5,9H2,(H2,17,18). The molecule has 0 unspecified atom stereocenters. The zero-order valence-electron chi connectivity index (χ0n) is 11.5. The van der Waals surface area contributed by atoms with Crippen LogP contribution in [0.25, 0.3) is 11.1 Å². The number of fused-ring (bicyclic) bond motifs is 3. The van der Waals surface area contributed by atoms with E-state index in [1.165, 1.54) is 0 Å². The average molecular weight is 281 g/mol. The fourth-order valence-corrected chi connectivity index (χ4v) is 2.97. The summed E-state index contributed by atoms with van der Waals surface area (Å²) in [6, 6.07) is 7.75. The highest BCUT2D eigenvalue weighted by Gasteiger charge is 2.24. The van der Waals surface area contributed by atoms with E-state index in [-0.39, 0.29) is 5.91 Å². The molecule has 1 amide bonds. The summed E-state index contributed by atoms with van der Waals surface area (Å²) in [5, 5.41) is 0. The summed E-state index contributed by atoms with van der Waals surface area (Å²) < 4.78 is 5.82. The van der Waals surface area contributed by atoms with Crippen molar-refractivity contribution in [3.8, 4) is 16.9 Å². The van der Waals surface area contributed by atoms with Gasteiger partial charge in [-0.3, -0.25) is 4.79 Å². The van der Waals surface area contributed by atoms with Crippen molar-refractivity contribution < 1.29 is 9.53 Å². The number of pyridine rings is 1. The maximum Gasteiger partial charge on any atom is 0.227 e. The molecule has 1 aromatic carbocycles. The molecule has 1 aromatic heterocycles. The normalized spacial score (nSPS) is 16.4. The van der Waals surface area contributed by atoms with Gasteiger partial charge in [-0.25, -0.2) is 4.98 Å². The zero-order valence-corrected chi connectivity index (χ0v) is 11.5. The number of nitrogens with zero attached hydrogens (tertiary/aromatic N) is 2. The van der Waals surface area contributed by atoms with Gasteiger partial charge >= 0.3 is 0 Å². The molecule has 106 valence electrons. The minimum absolute atomic E-state index is 0.181. The van der Waals surface area contributed by atoms with Gasteiger partial charge in [0.05, 0.1) is 0 Å². The number of hydrogen-bond donors (Lipinski definition) is 1. The Morgan fingerprint density at radius 1 is 1.24 bits per heavy atom. The van der Waals surface area contributed by atoms with Gasteiger partial charge in [-0.15, -0.1) is 0 Å². The van der Waals surface area contributed by atoms with Crippen LogP contribution >= 0.6 is 0 Å². The molecule has 0 aliphatic carbocycles. The highest BCUT2D eigenvalue weighted by Crippen LogP contribution is 2.40. The van der Waals surface area contributed by atoms with Crippen LogP contribution in [0.5, 0.6) is 5.75 Å². The maximum absolute atomic E-state index is 11.8. The second-order valence-electron chi connectivity index (χ2n) is 5.38. The molecule has 4 rings (SSSR count). The van der Waals surface area contributed by atoms with E-state index in [0.29, 0.717) is 18.8 Å². The summed E-state index contributed by atoms with van der Waals surface area (Å²) >= 11 is 0. The Morgan fingerprint density at radius 3 is 2.95 bits per heavy atom. The third kappa shape index (κ3) is 1.93. The number of nitrogens with two attached hydrogens (primary N) is 1. The van der Waals surface area contributed by atoms with Crippen LogP contribution in [0.2, 0.25) is 0 Å². The summed E-state index contributed by atoms with van der Waals surface area (Å²) in [5.41, 5.74) is 9.71. The van der Waals surface area contributed by atoms with Crippen LogP contribution in [-0.4, -0.2) is 17.4 Å². The van der Waals surface area contributed by atoms with E-state index in [9.17, 15) is 4.79 Å². The molecule has 0 radical (unpaired) electrons. The number of carbonyl (C=O) groups is 1. The van der Waals surface area contributed by atoms with Crippen molar-refractivity contribution in [1.82, 2.24) is 4.98 Å². The third-order valence-electron chi connectivity index (χ3n) is 4.03. The molecule has 1 saturated heterocycles. The molecule has 0 atom stereocenters. The quantitative estimate of drug-likeness (QED) is 0.871. The molecule has 21 heavy (non-hydrogen) atoms. The van der Waals surface area contributed by atoms with Crippen molar-refractivity contribution >= 4 is 17.4 Å². The Bertz CT molecular complexity index is 742. The molecule has 5 nitrogen and oxygen atoms in total. The van der Waals surface area contributed by atoms with Crippen molar-refractivity contribution in [3.05, 3.63) is 36.0 Å². The fourth-order valence-electron chi connectivity index (χ4n) is 2.97. The van der Waals surface area contributed by atoms with Gasteiger partial charge in [-0.05, 0) is 24.6 Å². The van der Waals surface area contributed by atoms with Crippen LogP contribution in [0.4, 0.5) is 11.5 Å². The topological polar surface area (TPSA) is 68.5 Å². The highest BCUT2D eigenvalue weighted by molar-refractivity contribution is 5.96. The van der Waals surface area contributed by atoms with Crippen molar-refractivity contribution in [2.24, 2.45) is 0 Å². The molecule has 2 aromatic rings. The van der Waals surface area contributed by atoms with Crippen LogP contribution in [0.3, 0.4) is 0 Å². The molecule has 2 N–H and O–H groups in total. The molecular weight excluding hydrogens is 266 g/mol. The van der Waals surface area contributed by atoms with E-state index < -0.39 is 0 Å². The smallest absolute Gasteiger partial charge is 0.227 e. The predicted molar refractivity (Wildman–Crippen MR) is 80.0 cm³/mol. The lowest BCUT2D eigenvalue weighted by atomic mass is 9.98. The van der Waals surface area contributed by atoms with Crippen LogP contribution < -0.4 is 15.4 Å². The SMILES string of the molecule is Nc1cc2c(cn1)-c1ccc(N3CCCC3=O)cc1OC2. The first kappa shape index (κ1) is 12.2. The number of nitrogen functional groups attached to an aromatic ring is 1. The lowest BCUT2D eigenvalue weighted by Gasteiger charge is -2.23. The highest BCUT2D eigenvalue weighted by atomic mass is 16.5. The van der Waals surface area contributed by atoms with Gasteiger partial charge in [0, 0.05) is 47.6 Å². The van der Waals surface area contributed by atoms with Crippen LogP contribution in [0.1, 0.15) is 18.4 Å². The van der Waals surface area contributed by atoms with Gasteiger partial charge in [0.25, 0.3) is 0 Å². The molecule has 2 aliphatic rings. The third-order valence-corrected chi connectivity index (χ3v) is 4.03. The van der Waals surface area contributed by atoms with Gasteiger partial charge in [-0.1, -0.05) is 0 Å². The van der Waals surface area contributed by atoms with Gasteiger partial charge in [0.1, 0.15) is 18.2 Å². The van der Waals surface area contributed by atoms with Crippen LogP contribution in [0.15, 0.2) is 30.5 Å². The molecule has 3 heterocycles. The summed E-state index contributed by atoms with van der Waals surface area (Å²) in [6.07, 6.45) is 3.33. The van der Waals surface area contributed by atoms with Gasteiger partial charge in [0.15, 0.2) is 0 Å². The predicted octanol–water partition coefficient (Wildman–Crippen LogP) is 2.35. The lowest BCUT2D eigenvalue weighted by molar-refractivity contribution is -0.117. The van der Waals surface area contributed by atoms with Crippen molar-refractivity contribution in [2.45, 2.75) is 19.4 Å². The van der Waals surface area contributed by atoms with Gasteiger partial charge < -0.3 is 15.4 Å². The monoisotopic (exact) mass is 281 g/mol. The Morgan fingerprint density at radius 2 is 2.14 bits per heavy atom. The zero-order chi connectivity index (χ0) is 14.4. The number of ether oxygens (including phenoxy) is 1. The number of amides is 1.